The van der Waals surface area contributed by atoms with E-state index in [4.69, 9.17) is 0 Å². The molecule has 0 heterocycles. The Balaban J connectivity index is 2.27. The summed E-state index contributed by atoms with van der Waals surface area (Å²) in [4.78, 5) is 25.6. The number of carbonyl (C=O) groups is 2. The van der Waals surface area contributed by atoms with Crippen LogP contribution >= 0.6 is 0 Å². The number of carbonyl (C=O) groups excluding carboxylic acids is 2. The molecule has 0 bridgehead atoms. The first-order chi connectivity index (χ1) is 11.6. The number of Topliss-reactive ketones (excluding diaryl/α,β-unsaturated/α-hetero) is 1. The van der Waals surface area contributed by atoms with Gasteiger partial charge in [0, 0.05) is 35.0 Å². The Morgan fingerprint density at radius 2 is 1.80 bits per heavy atom. The molecule has 25 heavy (non-hydrogen) atoms. The summed E-state index contributed by atoms with van der Waals surface area (Å²) in [5.74, 6) is -2.36. The summed E-state index contributed by atoms with van der Waals surface area (Å²) in [5.41, 5.74) is -0.333. The Bertz CT molecular complexity index is 752. The SMILES string of the molecule is C[C@H](CO)C1=C(O)C2=CC(=O)[C@@H]3C(C)(C)CCC[C@]3(C)C2=C(O)C1=O. The Kier molecular flexibility index (Phi) is 3.99. The number of allylic oxidation sites excluding steroid dienone is 3. The van der Waals surface area contributed by atoms with Crippen LogP contribution in [0.5, 0.6) is 0 Å². The predicted molar refractivity (Wildman–Crippen MR) is 92.9 cm³/mol. The largest absolute Gasteiger partial charge is 0.507 e. The van der Waals surface area contributed by atoms with Crippen LogP contribution < -0.4 is 0 Å². The molecule has 0 aromatic carbocycles. The first-order valence-corrected chi connectivity index (χ1v) is 8.85. The molecule has 3 rings (SSSR count). The van der Waals surface area contributed by atoms with Crippen LogP contribution in [-0.2, 0) is 9.59 Å². The van der Waals surface area contributed by atoms with Gasteiger partial charge in [0.1, 0.15) is 5.76 Å². The quantitative estimate of drug-likeness (QED) is 0.714. The molecule has 0 aliphatic heterocycles. The van der Waals surface area contributed by atoms with Crippen LogP contribution in [0.4, 0.5) is 0 Å². The highest BCUT2D eigenvalue weighted by molar-refractivity contribution is 6.12. The summed E-state index contributed by atoms with van der Waals surface area (Å²) in [7, 11) is 0. The summed E-state index contributed by atoms with van der Waals surface area (Å²) in [6.07, 6.45) is 3.83. The number of fused-ring (bicyclic) bond motifs is 3. The minimum atomic E-state index is -0.690. The van der Waals surface area contributed by atoms with Crippen LogP contribution in [0.2, 0.25) is 0 Å². The molecule has 1 fully saturated rings. The van der Waals surface area contributed by atoms with Crippen LogP contribution in [-0.4, -0.2) is 33.5 Å². The Morgan fingerprint density at radius 3 is 2.40 bits per heavy atom. The summed E-state index contributed by atoms with van der Waals surface area (Å²) in [5, 5.41) is 30.8. The molecule has 1 saturated carbocycles. The van der Waals surface area contributed by atoms with Gasteiger partial charge in [0.25, 0.3) is 0 Å². The standard InChI is InChI=1S/C20H26O5/c1-10(9-21)13-15(23)11-8-12(22)18-19(2,3)6-5-7-20(18,4)14(11)17(25)16(13)24/h8,10,18,21,23,25H,5-7,9H2,1-4H3/t10-,18-,20-/m1/s1. The zero-order valence-corrected chi connectivity index (χ0v) is 15.2. The molecule has 0 radical (unpaired) electrons. The second kappa shape index (κ2) is 5.56. The molecule has 0 unspecified atom stereocenters. The molecule has 136 valence electrons. The third-order valence-electron chi connectivity index (χ3n) is 6.32. The van der Waals surface area contributed by atoms with Crippen LogP contribution in [0.1, 0.15) is 47.0 Å². The van der Waals surface area contributed by atoms with Crippen molar-refractivity contribution in [2.24, 2.45) is 22.7 Å². The highest BCUT2D eigenvalue weighted by Crippen LogP contribution is 2.60. The first kappa shape index (κ1) is 17.9. The van der Waals surface area contributed by atoms with Crippen LogP contribution in [0.25, 0.3) is 0 Å². The average Bonchev–Trinajstić information content (AvgIpc) is 2.50. The predicted octanol–water partition coefficient (Wildman–Crippen LogP) is 3.16. The Morgan fingerprint density at radius 1 is 1.16 bits per heavy atom. The van der Waals surface area contributed by atoms with Crippen molar-refractivity contribution >= 4 is 11.6 Å². The van der Waals surface area contributed by atoms with Gasteiger partial charge >= 0.3 is 0 Å². The smallest absolute Gasteiger partial charge is 0.227 e. The third-order valence-corrected chi connectivity index (χ3v) is 6.32. The molecule has 5 nitrogen and oxygen atoms in total. The average molecular weight is 346 g/mol. The van der Waals surface area contributed by atoms with E-state index in [2.05, 4.69) is 0 Å². The number of hydrogen-bond donors (Lipinski definition) is 3. The minimum Gasteiger partial charge on any atom is -0.507 e. The fraction of sp³-hybridized carbons (Fsp3) is 0.600. The number of aliphatic hydroxyl groups excluding tert-OH is 3. The summed E-state index contributed by atoms with van der Waals surface area (Å²) < 4.78 is 0. The van der Waals surface area contributed by atoms with E-state index < -0.39 is 22.9 Å². The molecule has 3 atom stereocenters. The maximum atomic E-state index is 12.9. The lowest BCUT2D eigenvalue weighted by molar-refractivity contribution is -0.130. The highest BCUT2D eigenvalue weighted by atomic mass is 16.3. The fourth-order valence-corrected chi connectivity index (χ4v) is 5.26. The number of hydrogen-bond acceptors (Lipinski definition) is 5. The summed E-state index contributed by atoms with van der Waals surface area (Å²) in [6.45, 7) is 7.27. The molecule has 0 spiro atoms. The molecule has 0 saturated heterocycles. The van der Waals surface area contributed by atoms with E-state index in [1.807, 2.05) is 20.8 Å². The van der Waals surface area contributed by atoms with Gasteiger partial charge in [-0.25, -0.2) is 0 Å². The first-order valence-electron chi connectivity index (χ1n) is 8.85. The molecular weight excluding hydrogens is 320 g/mol. The lowest BCUT2D eigenvalue weighted by Gasteiger charge is -2.53. The van der Waals surface area contributed by atoms with Crippen molar-refractivity contribution in [2.75, 3.05) is 6.61 Å². The van der Waals surface area contributed by atoms with Gasteiger partial charge in [-0.05, 0) is 24.3 Å². The number of rotatable bonds is 2. The van der Waals surface area contributed by atoms with Crippen molar-refractivity contribution in [1.82, 2.24) is 0 Å². The van der Waals surface area contributed by atoms with Crippen LogP contribution in [0, 0.1) is 22.7 Å². The van der Waals surface area contributed by atoms with E-state index >= 15 is 0 Å². The van der Waals surface area contributed by atoms with E-state index in [9.17, 15) is 24.9 Å². The normalized spacial score (nSPS) is 33.0. The summed E-state index contributed by atoms with van der Waals surface area (Å²) in [6, 6.07) is 0. The second-order valence-electron chi connectivity index (χ2n) is 8.55. The minimum absolute atomic E-state index is 0.0279. The van der Waals surface area contributed by atoms with Crippen molar-refractivity contribution in [3.8, 4) is 0 Å². The zero-order chi connectivity index (χ0) is 18.7. The molecule has 3 aliphatic rings. The Hall–Kier alpha value is -1.88. The van der Waals surface area contributed by atoms with Crippen LogP contribution in [0.3, 0.4) is 0 Å². The van der Waals surface area contributed by atoms with Crippen molar-refractivity contribution in [3.63, 3.8) is 0 Å². The van der Waals surface area contributed by atoms with Gasteiger partial charge in [0.05, 0.1) is 5.57 Å². The van der Waals surface area contributed by atoms with Gasteiger partial charge in [-0.3, -0.25) is 9.59 Å². The van der Waals surface area contributed by atoms with Crippen molar-refractivity contribution < 1.29 is 24.9 Å². The molecule has 3 aliphatic carbocycles. The van der Waals surface area contributed by atoms with Crippen molar-refractivity contribution in [3.05, 3.63) is 34.3 Å². The van der Waals surface area contributed by atoms with E-state index in [1.54, 1.807) is 6.92 Å². The van der Waals surface area contributed by atoms with E-state index in [-0.39, 0.29) is 40.6 Å². The summed E-state index contributed by atoms with van der Waals surface area (Å²) >= 11 is 0. The monoisotopic (exact) mass is 346 g/mol. The topological polar surface area (TPSA) is 94.8 Å². The lowest BCUT2D eigenvalue weighted by Crippen LogP contribution is -2.51. The van der Waals surface area contributed by atoms with Gasteiger partial charge in [0.2, 0.25) is 5.78 Å². The maximum absolute atomic E-state index is 12.9. The zero-order valence-electron chi connectivity index (χ0n) is 15.2. The molecule has 0 aromatic rings. The van der Waals surface area contributed by atoms with Gasteiger partial charge in [-0.15, -0.1) is 0 Å². The molecule has 0 amide bonds. The molecule has 3 N–H and O–H groups in total. The number of aliphatic hydroxyl groups is 3. The van der Waals surface area contributed by atoms with E-state index in [0.717, 1.165) is 12.8 Å². The highest BCUT2D eigenvalue weighted by Gasteiger charge is 2.57. The lowest BCUT2D eigenvalue weighted by atomic mass is 9.49. The van der Waals surface area contributed by atoms with E-state index in [1.165, 1.54) is 6.08 Å². The van der Waals surface area contributed by atoms with E-state index in [0.29, 0.717) is 12.0 Å². The third kappa shape index (κ3) is 2.32. The fourth-order valence-electron chi connectivity index (χ4n) is 5.26. The van der Waals surface area contributed by atoms with Gasteiger partial charge in [0.15, 0.2) is 11.5 Å². The number of ketones is 2. The van der Waals surface area contributed by atoms with Gasteiger partial charge in [-0.1, -0.05) is 34.1 Å². The van der Waals surface area contributed by atoms with Gasteiger partial charge in [-0.2, -0.15) is 0 Å². The van der Waals surface area contributed by atoms with Gasteiger partial charge < -0.3 is 15.3 Å². The molecular formula is C20H26O5. The Labute approximate surface area is 147 Å². The second-order valence-corrected chi connectivity index (χ2v) is 8.55. The molecule has 5 heteroatoms. The van der Waals surface area contributed by atoms with Crippen LogP contribution in [0.15, 0.2) is 34.3 Å². The molecule has 0 aromatic heterocycles. The maximum Gasteiger partial charge on any atom is 0.227 e. The van der Waals surface area contributed by atoms with Crippen molar-refractivity contribution in [2.45, 2.75) is 47.0 Å². The van der Waals surface area contributed by atoms with Crippen molar-refractivity contribution in [1.29, 1.82) is 0 Å².